The van der Waals surface area contributed by atoms with Gasteiger partial charge >= 0.3 is 0 Å². The molecule has 1 rings (SSSR count). The Morgan fingerprint density at radius 1 is 1.33 bits per heavy atom. The third-order valence-corrected chi connectivity index (χ3v) is 1.92. The molecule has 0 bridgehead atoms. The zero-order valence-electron chi connectivity index (χ0n) is 8.57. The predicted molar refractivity (Wildman–Crippen MR) is 43.9 cm³/mol. The van der Waals surface area contributed by atoms with Gasteiger partial charge in [-0.05, 0) is 13.0 Å². The van der Waals surface area contributed by atoms with Crippen molar-refractivity contribution in [2.24, 2.45) is 5.73 Å². The fourth-order valence-electron chi connectivity index (χ4n) is 0.980. The van der Waals surface area contributed by atoms with Gasteiger partial charge in [-0.25, -0.2) is 17.6 Å². The molecule has 0 aliphatic heterocycles. The fraction of sp³-hybridized carbons (Fsp3) is 0.222. The number of primary amides is 1. The van der Waals surface area contributed by atoms with Gasteiger partial charge < -0.3 is 5.73 Å². The molecule has 0 saturated carbocycles. The molecule has 1 atom stereocenters. The van der Waals surface area contributed by atoms with Gasteiger partial charge in [-0.15, -0.1) is 0 Å². The van der Waals surface area contributed by atoms with Gasteiger partial charge in [-0.2, -0.15) is 0 Å². The summed E-state index contributed by atoms with van der Waals surface area (Å²) < 4.78 is 58.7. The fourth-order valence-corrected chi connectivity index (χ4v) is 0.980. The summed E-state index contributed by atoms with van der Waals surface area (Å²) in [5, 5.41) is 0. The quantitative estimate of drug-likeness (QED) is 0.463. The van der Waals surface area contributed by atoms with Crippen molar-refractivity contribution in [3.63, 3.8) is 0 Å². The van der Waals surface area contributed by atoms with E-state index in [2.05, 4.69) is 0 Å². The second kappa shape index (κ2) is 3.88. The van der Waals surface area contributed by atoms with Gasteiger partial charge in [-0.3, -0.25) is 4.79 Å². The van der Waals surface area contributed by atoms with E-state index >= 15 is 0 Å². The van der Waals surface area contributed by atoms with Crippen LogP contribution in [0.4, 0.5) is 17.6 Å². The van der Waals surface area contributed by atoms with Crippen LogP contribution in [-0.2, 0) is 4.79 Å². The van der Waals surface area contributed by atoms with E-state index in [-0.39, 0.29) is 0 Å². The summed E-state index contributed by atoms with van der Waals surface area (Å²) in [5.74, 6) is -10.2. The van der Waals surface area contributed by atoms with E-state index in [1.54, 1.807) is 0 Å². The Morgan fingerprint density at radius 2 is 1.87 bits per heavy atom. The van der Waals surface area contributed by atoms with Gasteiger partial charge in [0.15, 0.2) is 23.3 Å². The highest BCUT2D eigenvalue weighted by Gasteiger charge is 2.24. The molecule has 1 aromatic rings. The maximum Gasteiger partial charge on any atom is 0.224 e. The van der Waals surface area contributed by atoms with Crippen molar-refractivity contribution < 1.29 is 23.7 Å². The van der Waals surface area contributed by atoms with Crippen LogP contribution in [0.3, 0.4) is 0 Å². The lowest BCUT2D eigenvalue weighted by atomic mass is 9.99. The van der Waals surface area contributed by atoms with Crippen molar-refractivity contribution in [1.82, 2.24) is 0 Å². The molecule has 0 fully saturated rings. The van der Waals surface area contributed by atoms with Crippen LogP contribution in [0.1, 0.15) is 19.8 Å². The predicted octanol–water partition coefficient (Wildman–Crippen LogP) is 1.83. The van der Waals surface area contributed by atoms with Gasteiger partial charge in [0, 0.05) is 5.56 Å². The second-order valence-corrected chi connectivity index (χ2v) is 2.92. The molecule has 1 amide bonds. The summed E-state index contributed by atoms with van der Waals surface area (Å²) in [6.07, 6.45) is 0. The summed E-state index contributed by atoms with van der Waals surface area (Å²) in [5.41, 5.74) is 3.93. The zero-order chi connectivity index (χ0) is 12.6. The molecular formula is C9H7F4NO. The van der Waals surface area contributed by atoms with Crippen molar-refractivity contribution in [1.29, 1.82) is 0 Å². The first-order chi connectivity index (χ1) is 7.29. The highest BCUT2D eigenvalue weighted by molar-refractivity contribution is 5.81. The van der Waals surface area contributed by atoms with E-state index in [1.807, 2.05) is 0 Å². The van der Waals surface area contributed by atoms with Crippen molar-refractivity contribution in [2.75, 3.05) is 0 Å². The van der Waals surface area contributed by atoms with Crippen LogP contribution in [0.15, 0.2) is 6.04 Å². The van der Waals surface area contributed by atoms with Crippen molar-refractivity contribution >= 4 is 5.91 Å². The lowest BCUT2D eigenvalue weighted by molar-refractivity contribution is -0.119. The molecule has 0 aliphatic rings. The molecule has 0 heterocycles. The van der Waals surface area contributed by atoms with E-state index in [1.165, 1.54) is 0 Å². The Labute approximate surface area is 84.1 Å². The normalized spacial score (nSPS) is 13.5. The lowest BCUT2D eigenvalue weighted by Crippen LogP contribution is -2.20. The number of hydrogen-bond acceptors (Lipinski definition) is 1. The number of amides is 1. The molecule has 2 N–H and O–H groups in total. The molecule has 0 aromatic heterocycles. The van der Waals surface area contributed by atoms with E-state index in [0.717, 1.165) is 6.92 Å². The number of carbonyl (C=O) groups excluding carboxylic acids is 1. The van der Waals surface area contributed by atoms with E-state index < -0.39 is 46.7 Å². The van der Waals surface area contributed by atoms with Crippen molar-refractivity contribution in [3.05, 3.63) is 34.9 Å². The molecule has 6 heteroatoms. The van der Waals surface area contributed by atoms with E-state index in [4.69, 9.17) is 7.10 Å². The molecule has 82 valence electrons. The summed E-state index contributed by atoms with van der Waals surface area (Å²) in [6, 6.07) is -1.21. The molecular weight excluding hydrogens is 214 g/mol. The Balaban J connectivity index is 3.57. The van der Waals surface area contributed by atoms with Crippen LogP contribution in [0.5, 0.6) is 0 Å². The van der Waals surface area contributed by atoms with Gasteiger partial charge in [0.25, 0.3) is 0 Å². The monoisotopic (exact) mass is 222 g/mol. The minimum atomic E-state index is -2.08. The molecule has 15 heavy (non-hydrogen) atoms. The molecule has 0 saturated heterocycles. The maximum atomic E-state index is 13.2. The summed E-state index contributed by atoms with van der Waals surface area (Å²) in [4.78, 5) is 10.7. The van der Waals surface area contributed by atoms with Crippen molar-refractivity contribution in [3.8, 4) is 0 Å². The van der Waals surface area contributed by atoms with Crippen LogP contribution in [0.2, 0.25) is 0 Å². The average molecular weight is 222 g/mol. The van der Waals surface area contributed by atoms with Gasteiger partial charge in [0.05, 0.1) is 7.29 Å². The SMILES string of the molecule is [2H]c1c(F)c(F)c(F)c(F)c1C(C)C(N)=O. The highest BCUT2D eigenvalue weighted by atomic mass is 19.2. The number of rotatable bonds is 2. The first-order valence-electron chi connectivity index (χ1n) is 4.40. The van der Waals surface area contributed by atoms with Crippen LogP contribution >= 0.6 is 0 Å². The van der Waals surface area contributed by atoms with Crippen LogP contribution in [0, 0.1) is 23.3 Å². The zero-order valence-corrected chi connectivity index (χ0v) is 7.57. The summed E-state index contributed by atoms with van der Waals surface area (Å²) >= 11 is 0. The smallest absolute Gasteiger partial charge is 0.224 e. The number of benzene rings is 1. The van der Waals surface area contributed by atoms with Gasteiger partial charge in [0.2, 0.25) is 5.91 Å². The third kappa shape index (κ3) is 1.93. The summed E-state index contributed by atoms with van der Waals surface area (Å²) in [6.45, 7) is 1.07. The molecule has 0 aliphatic carbocycles. The Morgan fingerprint density at radius 3 is 2.33 bits per heavy atom. The number of nitrogens with two attached hydrogens (primary N) is 1. The molecule has 0 spiro atoms. The maximum absolute atomic E-state index is 13.2. The van der Waals surface area contributed by atoms with E-state index in [0.29, 0.717) is 0 Å². The number of carbonyl (C=O) groups is 1. The summed E-state index contributed by atoms with van der Waals surface area (Å²) in [7, 11) is 0. The van der Waals surface area contributed by atoms with Crippen molar-refractivity contribution in [2.45, 2.75) is 12.8 Å². The Bertz CT molecular complexity index is 434. The van der Waals surface area contributed by atoms with Gasteiger partial charge in [0.1, 0.15) is 0 Å². The van der Waals surface area contributed by atoms with Crippen LogP contribution < -0.4 is 5.73 Å². The number of halogens is 4. The molecule has 1 unspecified atom stereocenters. The van der Waals surface area contributed by atoms with Crippen LogP contribution in [-0.4, -0.2) is 5.91 Å². The first-order valence-corrected chi connectivity index (χ1v) is 3.90. The third-order valence-electron chi connectivity index (χ3n) is 1.92. The molecule has 2 nitrogen and oxygen atoms in total. The average Bonchev–Trinajstić information content (AvgIpc) is 2.23. The standard InChI is InChI=1S/C9H7F4NO/c1-3(9(14)15)4-2-5(10)7(12)8(13)6(4)11/h2-3H,1H3,(H2,14,15)/i2D. The Hall–Kier alpha value is -1.59. The van der Waals surface area contributed by atoms with E-state index in [9.17, 15) is 22.4 Å². The molecule has 0 radical (unpaired) electrons. The lowest BCUT2D eigenvalue weighted by Gasteiger charge is -2.10. The number of hydrogen-bond donors (Lipinski definition) is 1. The molecule has 1 aromatic carbocycles. The Kier molecular flexibility index (Phi) is 2.57. The van der Waals surface area contributed by atoms with Crippen LogP contribution in [0.25, 0.3) is 0 Å². The topological polar surface area (TPSA) is 43.1 Å². The highest BCUT2D eigenvalue weighted by Crippen LogP contribution is 2.24. The minimum Gasteiger partial charge on any atom is -0.369 e. The second-order valence-electron chi connectivity index (χ2n) is 2.92. The first kappa shape index (κ1) is 9.95. The minimum absolute atomic E-state index is 0.885. The largest absolute Gasteiger partial charge is 0.369 e. The van der Waals surface area contributed by atoms with Gasteiger partial charge in [-0.1, -0.05) is 0 Å².